The topological polar surface area (TPSA) is 48.1 Å². The average Bonchev–Trinajstić information content (AvgIpc) is 1.02. The quantitative estimate of drug-likeness (QED) is 0.195. The molecule has 6 saturated carbocycles. The highest BCUT2D eigenvalue weighted by atomic mass is 14.9. The van der Waals surface area contributed by atoms with Gasteiger partial charge in [0.25, 0.3) is 0 Å². The molecule has 4 heteroatoms. The zero-order valence-corrected chi connectivity index (χ0v) is 73.6. The molecule has 8 atom stereocenters. The Morgan fingerprint density at radius 2 is 0.337 bits per heavy atom. The van der Waals surface area contributed by atoms with E-state index in [4.69, 9.17) is 0 Å². The minimum absolute atomic E-state index is 0.500. The maximum Gasteiger partial charge on any atom is 0.00953 e. The highest BCUT2D eigenvalue weighted by molar-refractivity contribution is 4.86. The van der Waals surface area contributed by atoms with Gasteiger partial charge in [-0.3, -0.25) is 0 Å². The molecule has 4 nitrogen and oxygen atoms in total. The van der Waals surface area contributed by atoms with Crippen LogP contribution in [-0.2, 0) is 0 Å². The van der Waals surface area contributed by atoms with Crippen molar-refractivity contribution in [3.63, 3.8) is 0 Å². The van der Waals surface area contributed by atoms with E-state index in [0.717, 1.165) is 89.0 Å². The highest BCUT2D eigenvalue weighted by Gasteiger charge is 2.30. The Hall–Kier alpha value is -0.160. The molecule has 0 aromatic carbocycles. The molecule has 4 saturated heterocycles. The summed E-state index contributed by atoms with van der Waals surface area (Å²) in [5.74, 6) is 12.8. The van der Waals surface area contributed by atoms with Gasteiger partial charge >= 0.3 is 0 Å². The Morgan fingerprint density at radius 1 is 0.189 bits per heavy atom. The second kappa shape index (κ2) is 61.3. The molecule has 4 N–H and O–H groups in total. The first-order valence-corrected chi connectivity index (χ1v) is 42.4. The van der Waals surface area contributed by atoms with Gasteiger partial charge in [0.05, 0.1) is 0 Å². The third-order valence-corrected chi connectivity index (χ3v) is 15.9. The zero-order valence-electron chi connectivity index (χ0n) is 73.6. The third kappa shape index (κ3) is 98.1. The van der Waals surface area contributed by atoms with Crippen LogP contribution in [0.15, 0.2) is 0 Å². The largest absolute Gasteiger partial charge is 0.316 e. The van der Waals surface area contributed by atoms with Crippen molar-refractivity contribution in [3.8, 4) is 0 Å². The van der Waals surface area contributed by atoms with Crippen molar-refractivity contribution in [1.29, 1.82) is 0 Å². The Bertz CT molecular complexity index is 1100. The van der Waals surface area contributed by atoms with E-state index in [1.807, 2.05) is 0 Å². The molecule has 0 bridgehead atoms. The molecule has 6 aliphatic carbocycles. The molecule has 0 aromatic heterocycles. The second-order valence-corrected chi connectivity index (χ2v) is 42.8. The van der Waals surface area contributed by atoms with Crippen LogP contribution in [0.1, 0.15) is 435 Å². The number of nitrogens with one attached hydrogen (secondary N) is 4. The van der Waals surface area contributed by atoms with Crippen LogP contribution in [-0.4, -0.2) is 51.4 Å². The lowest BCUT2D eigenvalue weighted by Gasteiger charge is -2.36. The predicted molar refractivity (Wildman–Crippen MR) is 444 cm³/mol. The predicted octanol–water partition coefficient (Wildman–Crippen LogP) is 29.4. The fourth-order valence-corrected chi connectivity index (χ4v) is 12.8. The van der Waals surface area contributed by atoms with Gasteiger partial charge in [-0.25, -0.2) is 0 Å². The summed E-state index contributed by atoms with van der Waals surface area (Å²) in [6.07, 6.45) is 44.9. The first kappa shape index (κ1) is 103. The summed E-state index contributed by atoms with van der Waals surface area (Å²) in [5.41, 5.74) is 2.50. The zero-order chi connectivity index (χ0) is 74.4. The second-order valence-electron chi connectivity index (χ2n) is 42.8. The molecule has 8 unspecified atom stereocenters. The Labute approximate surface area is 608 Å². The minimum Gasteiger partial charge on any atom is -0.316 e. The number of hydrogen-bond donors (Lipinski definition) is 4. The molecule has 10 rings (SSSR count). The maximum atomic E-state index is 3.62. The van der Waals surface area contributed by atoms with Crippen molar-refractivity contribution in [3.05, 3.63) is 0 Å². The molecular weight excluding hydrogens is 1150 g/mol. The van der Waals surface area contributed by atoms with Crippen LogP contribution in [0.2, 0.25) is 0 Å². The monoisotopic (exact) mass is 1350 g/mol. The maximum absolute atomic E-state index is 3.62. The van der Waals surface area contributed by atoms with Gasteiger partial charge in [0.15, 0.2) is 0 Å². The summed E-state index contributed by atoms with van der Waals surface area (Å²) in [7, 11) is 0. The smallest absolute Gasteiger partial charge is 0.00953 e. The van der Waals surface area contributed by atoms with E-state index in [1.54, 1.807) is 25.7 Å². The summed E-state index contributed by atoms with van der Waals surface area (Å²) in [6.45, 7) is 84.0. The van der Waals surface area contributed by atoms with Crippen LogP contribution in [0.3, 0.4) is 0 Å². The average molecular weight is 1350 g/mol. The Kier molecular flexibility index (Phi) is 66.8. The lowest BCUT2D eigenvalue weighted by molar-refractivity contribution is 0.171. The standard InChI is InChI=1S/C10H18.4C9H17N.5C5H12.5C4H10/c1-2-6-10-8-4-3-7-9(10)5-1;2*1-2-6-9-8(4-1)5-3-7-10-9;2*1-2-4-9-7-10-6-5-8(9)3-1;5*1-5(2,3)4;5*1-4(2)3/h9-10H,1-8H2;4*8-10H,1-7H2;5*1-4H3;5*4H,1-3H3. The summed E-state index contributed by atoms with van der Waals surface area (Å²) in [5, 5.41) is 14.2. The van der Waals surface area contributed by atoms with E-state index in [2.05, 4.69) is 264 Å². The lowest BCUT2D eigenvalue weighted by atomic mass is 9.71. The fraction of sp³-hybridized carbons (Fsp3) is 1.00. The molecular formula is C91H196N4. The number of rotatable bonds is 0. The highest BCUT2D eigenvalue weighted by Crippen LogP contribution is 2.40. The summed E-state index contributed by atoms with van der Waals surface area (Å²) in [6, 6.07) is 1.81. The third-order valence-electron chi connectivity index (χ3n) is 15.9. The lowest BCUT2D eigenvalue weighted by Crippen LogP contribution is -2.42. The van der Waals surface area contributed by atoms with E-state index in [1.165, 1.54) is 206 Å². The first-order chi connectivity index (χ1) is 43.5. The van der Waals surface area contributed by atoms with Gasteiger partial charge in [0.2, 0.25) is 0 Å². The molecule has 0 spiro atoms. The SMILES string of the molecule is C1CCC2CCCCC2C1.C1CCC2CNCCC2C1.C1CCC2CNCCC2C1.C1CCC2NCCCC2C1.C1CCC2NCCCC2C1.CC(C)(C)C.CC(C)(C)C.CC(C)(C)C.CC(C)(C)C.CC(C)(C)C.CC(C)C.CC(C)C.CC(C)C.CC(C)C.CC(C)C. The van der Waals surface area contributed by atoms with Crippen molar-refractivity contribution in [2.75, 3.05) is 39.3 Å². The summed E-state index contributed by atoms with van der Waals surface area (Å²) < 4.78 is 0. The fourth-order valence-electron chi connectivity index (χ4n) is 12.8. The van der Waals surface area contributed by atoms with Crippen molar-refractivity contribution < 1.29 is 0 Å². The van der Waals surface area contributed by atoms with E-state index in [-0.39, 0.29) is 0 Å². The summed E-state index contributed by atoms with van der Waals surface area (Å²) in [4.78, 5) is 0. The molecule has 4 heterocycles. The van der Waals surface area contributed by atoms with E-state index < -0.39 is 0 Å². The normalized spacial score (nSPS) is 26.5. The van der Waals surface area contributed by atoms with Gasteiger partial charge in [0.1, 0.15) is 0 Å². The number of fused-ring (bicyclic) bond motifs is 5. The molecule has 10 fully saturated rings. The van der Waals surface area contributed by atoms with Crippen molar-refractivity contribution in [2.24, 2.45) is 104 Å². The molecule has 10 aliphatic rings. The van der Waals surface area contributed by atoms with Gasteiger partial charge < -0.3 is 21.3 Å². The van der Waals surface area contributed by atoms with Gasteiger partial charge in [-0.1, -0.05) is 358 Å². The molecule has 95 heavy (non-hydrogen) atoms. The Morgan fingerprint density at radius 3 is 0.516 bits per heavy atom. The molecule has 4 aliphatic heterocycles. The van der Waals surface area contributed by atoms with Crippen LogP contribution in [0, 0.1) is 104 Å². The summed E-state index contributed by atoms with van der Waals surface area (Å²) >= 11 is 0. The molecule has 0 aromatic rings. The van der Waals surface area contributed by atoms with E-state index in [9.17, 15) is 0 Å². The van der Waals surface area contributed by atoms with Gasteiger partial charge in [-0.15, -0.1) is 0 Å². The van der Waals surface area contributed by atoms with Crippen molar-refractivity contribution in [2.45, 2.75) is 447 Å². The van der Waals surface area contributed by atoms with Crippen LogP contribution in [0.25, 0.3) is 0 Å². The van der Waals surface area contributed by atoms with Gasteiger partial charge in [-0.2, -0.15) is 0 Å². The first-order valence-electron chi connectivity index (χ1n) is 42.4. The van der Waals surface area contributed by atoms with Gasteiger partial charge in [0, 0.05) is 12.1 Å². The van der Waals surface area contributed by atoms with Crippen molar-refractivity contribution >= 4 is 0 Å². The van der Waals surface area contributed by atoms with Crippen LogP contribution in [0.4, 0.5) is 0 Å². The van der Waals surface area contributed by atoms with E-state index >= 15 is 0 Å². The number of hydrogen-bond acceptors (Lipinski definition) is 4. The number of piperidine rings is 4. The van der Waals surface area contributed by atoms with Crippen LogP contribution in [0.5, 0.6) is 0 Å². The minimum atomic E-state index is 0.500. The molecule has 580 valence electrons. The molecule has 0 amide bonds. The van der Waals surface area contributed by atoms with Crippen LogP contribution >= 0.6 is 0 Å². The Balaban J connectivity index is -0.000000310. The van der Waals surface area contributed by atoms with Crippen molar-refractivity contribution in [1.82, 2.24) is 21.3 Å². The molecule has 0 radical (unpaired) electrons. The van der Waals surface area contributed by atoms with Gasteiger partial charge in [-0.05, 0) is 220 Å². The van der Waals surface area contributed by atoms with E-state index in [0.29, 0.717) is 27.1 Å². The van der Waals surface area contributed by atoms with Crippen LogP contribution < -0.4 is 21.3 Å².